The average molecular weight is 239 g/mol. The number of carbonyl (C=O) groups excluding carboxylic acids is 1. The van der Waals surface area contributed by atoms with E-state index < -0.39 is 36.9 Å². The van der Waals surface area contributed by atoms with Crippen molar-refractivity contribution >= 4 is 12.3 Å². The molecule has 0 aromatic heterocycles. The van der Waals surface area contributed by atoms with Gasteiger partial charge in [-0.25, -0.2) is 0 Å². The quantitative estimate of drug-likeness (QED) is 0.271. The van der Waals surface area contributed by atoms with Crippen molar-refractivity contribution in [3.63, 3.8) is 0 Å². The molecule has 0 spiro atoms. The van der Waals surface area contributed by atoms with Gasteiger partial charge in [0.2, 0.25) is 0 Å². The minimum Gasteiger partial charge on any atom is -0.480 e. The van der Waals surface area contributed by atoms with Crippen molar-refractivity contribution in [3.8, 4) is 0 Å². The SMILES string of the molecule is CC(N)C(=O)O.O=CC(O)C(O)C(O)CO. The van der Waals surface area contributed by atoms with Crippen LogP contribution in [0.1, 0.15) is 6.92 Å². The lowest BCUT2D eigenvalue weighted by molar-refractivity contribution is -0.138. The second kappa shape index (κ2) is 9.19. The molecule has 96 valence electrons. The van der Waals surface area contributed by atoms with Crippen molar-refractivity contribution in [2.75, 3.05) is 6.61 Å². The Hall–Kier alpha value is -1.06. The summed E-state index contributed by atoms with van der Waals surface area (Å²) in [4.78, 5) is 19.3. The first-order chi connectivity index (χ1) is 7.27. The molecule has 0 aromatic carbocycles. The Morgan fingerprint density at radius 3 is 1.94 bits per heavy atom. The van der Waals surface area contributed by atoms with Gasteiger partial charge in [-0.15, -0.1) is 0 Å². The number of aliphatic hydroxyl groups excluding tert-OH is 4. The second-order valence-corrected chi connectivity index (χ2v) is 2.99. The molecule has 0 aliphatic carbocycles. The van der Waals surface area contributed by atoms with Crippen molar-refractivity contribution in [3.05, 3.63) is 0 Å². The third-order valence-electron chi connectivity index (χ3n) is 1.46. The molecule has 0 aromatic rings. The molecule has 0 amide bonds. The van der Waals surface area contributed by atoms with Gasteiger partial charge in [0.1, 0.15) is 24.4 Å². The van der Waals surface area contributed by atoms with Crippen LogP contribution in [0.3, 0.4) is 0 Å². The monoisotopic (exact) mass is 239 g/mol. The second-order valence-electron chi connectivity index (χ2n) is 2.99. The predicted molar refractivity (Wildman–Crippen MR) is 52.5 cm³/mol. The topological polar surface area (TPSA) is 161 Å². The normalized spacial score (nSPS) is 17.4. The first kappa shape index (κ1) is 17.3. The summed E-state index contributed by atoms with van der Waals surface area (Å²) in [5.41, 5.74) is 4.84. The summed E-state index contributed by atoms with van der Waals surface area (Å²) in [5.74, 6) is -0.963. The summed E-state index contributed by atoms with van der Waals surface area (Å²) in [7, 11) is 0. The summed E-state index contributed by atoms with van der Waals surface area (Å²) in [6.07, 6.45) is -4.63. The molecule has 0 fully saturated rings. The van der Waals surface area contributed by atoms with E-state index in [1.54, 1.807) is 0 Å². The Morgan fingerprint density at radius 2 is 1.75 bits per heavy atom. The Balaban J connectivity index is 0. The molecular formula is C8H17NO7. The molecule has 0 radical (unpaired) electrons. The van der Waals surface area contributed by atoms with Crippen LogP contribution in [-0.2, 0) is 9.59 Å². The number of carboxylic acid groups (broad SMARTS) is 1. The largest absolute Gasteiger partial charge is 0.480 e. The van der Waals surface area contributed by atoms with E-state index in [0.29, 0.717) is 0 Å². The first-order valence-electron chi connectivity index (χ1n) is 4.36. The van der Waals surface area contributed by atoms with Crippen LogP contribution >= 0.6 is 0 Å². The zero-order valence-corrected chi connectivity index (χ0v) is 8.72. The zero-order valence-electron chi connectivity index (χ0n) is 8.72. The van der Waals surface area contributed by atoms with Crippen LogP contribution in [-0.4, -0.2) is 68.7 Å². The van der Waals surface area contributed by atoms with Gasteiger partial charge >= 0.3 is 5.97 Å². The molecule has 0 saturated carbocycles. The molecule has 4 atom stereocenters. The Bertz CT molecular complexity index is 209. The molecule has 8 nitrogen and oxygen atoms in total. The minimum absolute atomic E-state index is 0.0869. The zero-order chi connectivity index (χ0) is 13.3. The summed E-state index contributed by atoms with van der Waals surface area (Å²) >= 11 is 0. The smallest absolute Gasteiger partial charge is 0.320 e. The van der Waals surface area contributed by atoms with Crippen LogP contribution in [0.4, 0.5) is 0 Å². The molecule has 0 saturated heterocycles. The van der Waals surface area contributed by atoms with Crippen LogP contribution in [0.25, 0.3) is 0 Å². The fourth-order valence-corrected chi connectivity index (χ4v) is 0.416. The van der Waals surface area contributed by atoms with E-state index in [-0.39, 0.29) is 6.29 Å². The number of carbonyl (C=O) groups is 2. The van der Waals surface area contributed by atoms with Gasteiger partial charge < -0.3 is 36.1 Å². The van der Waals surface area contributed by atoms with Gasteiger partial charge in [-0.05, 0) is 6.92 Å². The first-order valence-corrected chi connectivity index (χ1v) is 4.36. The van der Waals surface area contributed by atoms with Crippen LogP contribution in [0, 0.1) is 0 Å². The fraction of sp³-hybridized carbons (Fsp3) is 0.750. The van der Waals surface area contributed by atoms with E-state index >= 15 is 0 Å². The highest BCUT2D eigenvalue weighted by molar-refractivity contribution is 5.72. The Morgan fingerprint density at radius 1 is 1.38 bits per heavy atom. The van der Waals surface area contributed by atoms with Gasteiger partial charge in [-0.3, -0.25) is 4.79 Å². The number of aliphatic carboxylic acids is 1. The highest BCUT2D eigenvalue weighted by Gasteiger charge is 2.22. The molecule has 0 heterocycles. The maximum atomic E-state index is 9.76. The summed E-state index contributed by atoms with van der Waals surface area (Å²) in [6, 6.07) is -0.731. The Labute approximate surface area is 91.9 Å². The highest BCUT2D eigenvalue weighted by Crippen LogP contribution is 1.96. The molecule has 0 rings (SSSR count). The number of carboxylic acids is 1. The van der Waals surface area contributed by atoms with Gasteiger partial charge in [0, 0.05) is 0 Å². The molecule has 16 heavy (non-hydrogen) atoms. The third-order valence-corrected chi connectivity index (χ3v) is 1.46. The summed E-state index contributed by atoms with van der Waals surface area (Å²) in [6.45, 7) is 0.731. The molecule has 7 N–H and O–H groups in total. The minimum atomic E-state index is -1.64. The van der Waals surface area contributed by atoms with Gasteiger partial charge in [-0.1, -0.05) is 0 Å². The van der Waals surface area contributed by atoms with Gasteiger partial charge in [0.25, 0.3) is 0 Å². The van der Waals surface area contributed by atoms with E-state index in [1.165, 1.54) is 6.92 Å². The number of aliphatic hydroxyl groups is 4. The lowest BCUT2D eigenvalue weighted by Crippen LogP contribution is -2.40. The molecule has 8 heteroatoms. The lowest BCUT2D eigenvalue weighted by Gasteiger charge is -2.16. The van der Waals surface area contributed by atoms with Gasteiger partial charge in [0.15, 0.2) is 6.29 Å². The van der Waals surface area contributed by atoms with Crippen molar-refractivity contribution in [1.82, 2.24) is 0 Å². The van der Waals surface area contributed by atoms with Crippen LogP contribution in [0.15, 0.2) is 0 Å². The van der Waals surface area contributed by atoms with Crippen LogP contribution < -0.4 is 5.73 Å². The van der Waals surface area contributed by atoms with Gasteiger partial charge in [-0.2, -0.15) is 0 Å². The van der Waals surface area contributed by atoms with Crippen LogP contribution in [0.2, 0.25) is 0 Å². The van der Waals surface area contributed by atoms with Crippen molar-refractivity contribution in [1.29, 1.82) is 0 Å². The summed E-state index contributed by atoms with van der Waals surface area (Å²) in [5, 5.41) is 41.9. The maximum absolute atomic E-state index is 9.76. The number of aldehydes is 1. The third kappa shape index (κ3) is 8.26. The van der Waals surface area contributed by atoms with Crippen LogP contribution in [0.5, 0.6) is 0 Å². The molecule has 4 unspecified atom stereocenters. The van der Waals surface area contributed by atoms with Crippen molar-refractivity contribution < 1.29 is 35.1 Å². The lowest BCUT2D eigenvalue weighted by atomic mass is 10.1. The van der Waals surface area contributed by atoms with E-state index in [0.717, 1.165) is 0 Å². The fourth-order valence-electron chi connectivity index (χ4n) is 0.416. The standard InChI is InChI=1S/C5H10O5.C3H7NO2/c6-1-3(8)5(10)4(9)2-7;1-2(4)3(5)6/h1,3-5,7-10H,2H2;2H,4H2,1H3,(H,5,6). The average Bonchev–Trinajstić information content (AvgIpc) is 2.26. The highest BCUT2D eigenvalue weighted by atomic mass is 16.4. The molecule has 0 aliphatic rings. The maximum Gasteiger partial charge on any atom is 0.320 e. The van der Waals surface area contributed by atoms with E-state index in [4.69, 9.17) is 31.3 Å². The number of hydrogen-bond donors (Lipinski definition) is 6. The predicted octanol–water partition coefficient (Wildman–Crippen LogP) is -3.32. The van der Waals surface area contributed by atoms with E-state index in [9.17, 15) is 9.59 Å². The number of hydrogen-bond acceptors (Lipinski definition) is 7. The van der Waals surface area contributed by atoms with Crippen molar-refractivity contribution in [2.24, 2.45) is 5.73 Å². The van der Waals surface area contributed by atoms with Crippen molar-refractivity contribution in [2.45, 2.75) is 31.3 Å². The number of nitrogens with two attached hydrogens (primary N) is 1. The molecule has 0 aliphatic heterocycles. The Kier molecular flexibility index (Phi) is 9.96. The number of rotatable bonds is 5. The molecular weight excluding hydrogens is 222 g/mol. The van der Waals surface area contributed by atoms with E-state index in [2.05, 4.69) is 0 Å². The molecule has 0 bridgehead atoms. The summed E-state index contributed by atoms with van der Waals surface area (Å²) < 4.78 is 0. The van der Waals surface area contributed by atoms with E-state index in [1.807, 2.05) is 0 Å². The van der Waals surface area contributed by atoms with Gasteiger partial charge in [0.05, 0.1) is 6.61 Å².